The Hall–Kier alpha value is -0.650. The number of nitrogens with one attached hydrogen (secondary N) is 3. The third-order valence-electron chi connectivity index (χ3n) is 1.96. The van der Waals surface area contributed by atoms with Crippen LogP contribution in [0.2, 0.25) is 0 Å². The fourth-order valence-corrected chi connectivity index (χ4v) is 1.25. The van der Waals surface area contributed by atoms with E-state index in [-0.39, 0.29) is 11.9 Å². The van der Waals surface area contributed by atoms with E-state index in [1.54, 1.807) is 0 Å². The lowest BCUT2D eigenvalue weighted by atomic mass is 10.2. The highest BCUT2D eigenvalue weighted by molar-refractivity contribution is 5.82. The van der Waals surface area contributed by atoms with Crippen LogP contribution < -0.4 is 16.2 Å². The van der Waals surface area contributed by atoms with Crippen molar-refractivity contribution in [1.29, 1.82) is 0 Å². The van der Waals surface area contributed by atoms with Crippen LogP contribution >= 0.6 is 0 Å². The highest BCUT2D eigenvalue weighted by Gasteiger charge is 2.30. The highest BCUT2D eigenvalue weighted by Crippen LogP contribution is 2.05. The molecule has 0 aromatic heterocycles. The first kappa shape index (κ1) is 10.4. The summed E-state index contributed by atoms with van der Waals surface area (Å²) in [5.41, 5.74) is 5.34. The topological polar surface area (TPSA) is 73.4 Å². The molecule has 1 heterocycles. The average molecular weight is 187 g/mol. The van der Waals surface area contributed by atoms with E-state index in [1.165, 1.54) is 0 Å². The first-order valence-electron chi connectivity index (χ1n) is 4.58. The molecule has 76 valence electrons. The normalized spacial score (nSPS) is 28.0. The summed E-state index contributed by atoms with van der Waals surface area (Å²) >= 11 is 0. The Balaban J connectivity index is 2.30. The molecule has 1 saturated heterocycles. The lowest BCUT2D eigenvalue weighted by Crippen LogP contribution is -2.52. The van der Waals surface area contributed by atoms with Gasteiger partial charge in [0.1, 0.15) is 6.04 Å². The molecule has 2 unspecified atom stereocenters. The Labute approximate surface area is 77.9 Å². The van der Waals surface area contributed by atoms with E-state index in [0.717, 1.165) is 0 Å². The van der Waals surface area contributed by atoms with Crippen LogP contribution in [0, 0.1) is 0 Å². The van der Waals surface area contributed by atoms with Crippen molar-refractivity contribution < 1.29 is 9.90 Å². The Bertz CT molecular complexity index is 184. The molecule has 0 saturated carbocycles. The second kappa shape index (κ2) is 4.55. The van der Waals surface area contributed by atoms with Crippen molar-refractivity contribution in [2.75, 3.05) is 6.54 Å². The number of hydrogen-bond donors (Lipinski definition) is 4. The van der Waals surface area contributed by atoms with Crippen molar-refractivity contribution in [3.8, 4) is 0 Å². The maximum absolute atomic E-state index is 11.4. The SMILES string of the molecule is CC(C)NNC(=O)C1NCCC1O. The van der Waals surface area contributed by atoms with Gasteiger partial charge in [0.2, 0.25) is 0 Å². The summed E-state index contributed by atoms with van der Waals surface area (Å²) in [6.07, 6.45) is 0.0775. The molecular formula is C8H17N3O2. The molecule has 0 spiro atoms. The molecule has 4 N–H and O–H groups in total. The molecule has 1 aliphatic heterocycles. The summed E-state index contributed by atoms with van der Waals surface area (Å²) in [6.45, 7) is 4.55. The second-order valence-corrected chi connectivity index (χ2v) is 3.58. The first-order chi connectivity index (χ1) is 6.11. The van der Waals surface area contributed by atoms with Crippen LogP contribution in [0.25, 0.3) is 0 Å². The summed E-state index contributed by atoms with van der Waals surface area (Å²) in [5, 5.41) is 12.3. The molecule has 13 heavy (non-hydrogen) atoms. The number of hydrazine groups is 1. The van der Waals surface area contributed by atoms with Gasteiger partial charge in [0.15, 0.2) is 0 Å². The number of carbonyl (C=O) groups is 1. The molecule has 0 aromatic carbocycles. The molecule has 5 heteroatoms. The largest absolute Gasteiger partial charge is 0.391 e. The van der Waals surface area contributed by atoms with Crippen LogP contribution in [0.5, 0.6) is 0 Å². The van der Waals surface area contributed by atoms with Crippen LogP contribution in [0.4, 0.5) is 0 Å². The molecular weight excluding hydrogens is 170 g/mol. The predicted octanol–water partition coefficient (Wildman–Crippen LogP) is -1.26. The van der Waals surface area contributed by atoms with Gasteiger partial charge < -0.3 is 10.4 Å². The fraction of sp³-hybridized carbons (Fsp3) is 0.875. The summed E-state index contributed by atoms with van der Waals surface area (Å²) in [7, 11) is 0. The maximum atomic E-state index is 11.4. The third kappa shape index (κ3) is 2.95. The minimum Gasteiger partial charge on any atom is -0.391 e. The molecule has 2 atom stereocenters. The van der Waals surface area contributed by atoms with Crippen molar-refractivity contribution in [1.82, 2.24) is 16.2 Å². The predicted molar refractivity (Wildman–Crippen MR) is 48.8 cm³/mol. The molecule has 5 nitrogen and oxygen atoms in total. The average Bonchev–Trinajstić information content (AvgIpc) is 2.47. The number of aliphatic hydroxyl groups excluding tert-OH is 1. The van der Waals surface area contributed by atoms with Gasteiger partial charge in [0.05, 0.1) is 6.10 Å². The van der Waals surface area contributed by atoms with Gasteiger partial charge in [-0.15, -0.1) is 0 Å². The second-order valence-electron chi connectivity index (χ2n) is 3.58. The zero-order valence-corrected chi connectivity index (χ0v) is 8.00. The molecule has 1 fully saturated rings. The van der Waals surface area contributed by atoms with Gasteiger partial charge in [0.25, 0.3) is 5.91 Å². The number of hydrogen-bond acceptors (Lipinski definition) is 4. The zero-order valence-electron chi connectivity index (χ0n) is 8.00. The van der Waals surface area contributed by atoms with Gasteiger partial charge in [-0.1, -0.05) is 0 Å². The molecule has 1 amide bonds. The number of aliphatic hydroxyl groups is 1. The van der Waals surface area contributed by atoms with E-state index >= 15 is 0 Å². The molecule has 0 aliphatic carbocycles. The van der Waals surface area contributed by atoms with Crippen LogP contribution in [0.15, 0.2) is 0 Å². The van der Waals surface area contributed by atoms with Crippen molar-refractivity contribution >= 4 is 5.91 Å². The number of rotatable bonds is 3. The Kier molecular flexibility index (Phi) is 3.65. The summed E-state index contributed by atoms with van der Waals surface area (Å²) in [6, 6.07) is -0.270. The van der Waals surface area contributed by atoms with Crippen molar-refractivity contribution in [2.45, 2.75) is 38.5 Å². The van der Waals surface area contributed by atoms with Crippen LogP contribution in [-0.4, -0.2) is 35.7 Å². The molecule has 0 aromatic rings. The van der Waals surface area contributed by atoms with E-state index in [4.69, 9.17) is 0 Å². The number of amides is 1. The Morgan fingerprint density at radius 2 is 2.31 bits per heavy atom. The van der Waals surface area contributed by atoms with Gasteiger partial charge >= 0.3 is 0 Å². The summed E-state index contributed by atoms with van der Waals surface area (Å²) in [4.78, 5) is 11.4. The van der Waals surface area contributed by atoms with E-state index in [2.05, 4.69) is 16.2 Å². The molecule has 1 rings (SSSR count). The van der Waals surface area contributed by atoms with Gasteiger partial charge in [-0.2, -0.15) is 0 Å². The monoisotopic (exact) mass is 187 g/mol. The molecule has 0 bridgehead atoms. The zero-order chi connectivity index (χ0) is 9.84. The molecule has 1 aliphatic rings. The van der Waals surface area contributed by atoms with Gasteiger partial charge in [-0.05, 0) is 26.8 Å². The fourth-order valence-electron chi connectivity index (χ4n) is 1.25. The summed E-state index contributed by atoms with van der Waals surface area (Å²) < 4.78 is 0. The third-order valence-corrected chi connectivity index (χ3v) is 1.96. The molecule has 0 radical (unpaired) electrons. The highest BCUT2D eigenvalue weighted by atomic mass is 16.3. The van der Waals surface area contributed by atoms with Crippen LogP contribution in [-0.2, 0) is 4.79 Å². The van der Waals surface area contributed by atoms with E-state index in [9.17, 15) is 9.90 Å². The minimum absolute atomic E-state index is 0.196. The van der Waals surface area contributed by atoms with Crippen LogP contribution in [0.1, 0.15) is 20.3 Å². The van der Waals surface area contributed by atoms with E-state index < -0.39 is 12.1 Å². The Morgan fingerprint density at radius 3 is 2.77 bits per heavy atom. The quantitative estimate of drug-likeness (QED) is 0.416. The standard InChI is InChI=1S/C8H17N3O2/c1-5(2)10-11-8(13)7-6(12)3-4-9-7/h5-7,9-10,12H,3-4H2,1-2H3,(H,11,13). The lowest BCUT2D eigenvalue weighted by Gasteiger charge is -2.16. The minimum atomic E-state index is -0.561. The van der Waals surface area contributed by atoms with Gasteiger partial charge in [-0.3, -0.25) is 10.2 Å². The first-order valence-corrected chi connectivity index (χ1v) is 4.58. The van der Waals surface area contributed by atoms with Crippen molar-refractivity contribution in [3.05, 3.63) is 0 Å². The lowest BCUT2D eigenvalue weighted by molar-refractivity contribution is -0.125. The summed E-state index contributed by atoms with van der Waals surface area (Å²) in [5.74, 6) is -0.196. The maximum Gasteiger partial charge on any atom is 0.253 e. The van der Waals surface area contributed by atoms with Gasteiger partial charge in [0, 0.05) is 6.04 Å². The number of carbonyl (C=O) groups excluding carboxylic acids is 1. The van der Waals surface area contributed by atoms with E-state index in [0.29, 0.717) is 13.0 Å². The van der Waals surface area contributed by atoms with Crippen molar-refractivity contribution in [2.24, 2.45) is 0 Å². The van der Waals surface area contributed by atoms with Crippen LogP contribution in [0.3, 0.4) is 0 Å². The van der Waals surface area contributed by atoms with Gasteiger partial charge in [-0.25, -0.2) is 5.43 Å². The Morgan fingerprint density at radius 1 is 1.62 bits per heavy atom. The smallest absolute Gasteiger partial charge is 0.253 e. The van der Waals surface area contributed by atoms with E-state index in [1.807, 2.05) is 13.8 Å². The van der Waals surface area contributed by atoms with Crippen molar-refractivity contribution in [3.63, 3.8) is 0 Å².